The number of aromatic nitrogens is 1. The molecule has 0 aliphatic carbocycles. The molecule has 0 unspecified atom stereocenters. The van der Waals surface area contributed by atoms with Gasteiger partial charge in [-0.3, -0.25) is 0 Å². The Bertz CT molecular complexity index is 309. The van der Waals surface area contributed by atoms with Gasteiger partial charge in [0, 0.05) is 10.6 Å². The number of rotatable bonds is 4. The standard InChI is InChI=1S/C8H11NO2S2/c1-3-12-4-6-9-7(8(10)11)5(2)13-6/h3-4H2,1-2H3,(H,10,11). The minimum atomic E-state index is -0.929. The normalized spacial score (nSPS) is 10.3. The summed E-state index contributed by atoms with van der Waals surface area (Å²) < 4.78 is 0. The summed E-state index contributed by atoms with van der Waals surface area (Å²) >= 11 is 3.22. The van der Waals surface area contributed by atoms with Crippen LogP contribution in [0.5, 0.6) is 0 Å². The van der Waals surface area contributed by atoms with Gasteiger partial charge in [-0.05, 0) is 12.7 Å². The summed E-state index contributed by atoms with van der Waals surface area (Å²) in [6, 6.07) is 0. The van der Waals surface area contributed by atoms with Crippen LogP contribution in [0.25, 0.3) is 0 Å². The summed E-state index contributed by atoms with van der Waals surface area (Å²) in [4.78, 5) is 15.5. The van der Waals surface area contributed by atoms with Crippen molar-refractivity contribution in [2.75, 3.05) is 5.75 Å². The average Bonchev–Trinajstić information content (AvgIpc) is 2.43. The third-order valence-electron chi connectivity index (χ3n) is 1.47. The van der Waals surface area contributed by atoms with E-state index in [1.807, 2.05) is 0 Å². The molecule has 1 aromatic heterocycles. The first-order chi connectivity index (χ1) is 6.15. The van der Waals surface area contributed by atoms with Gasteiger partial charge in [0.2, 0.25) is 0 Å². The summed E-state index contributed by atoms with van der Waals surface area (Å²) in [5.41, 5.74) is 0.205. The number of aryl methyl sites for hydroxylation is 1. The first-order valence-electron chi connectivity index (χ1n) is 3.92. The molecule has 1 rings (SSSR count). The van der Waals surface area contributed by atoms with Gasteiger partial charge in [0.1, 0.15) is 5.01 Å². The third kappa shape index (κ3) is 2.70. The number of carboxylic acids is 1. The summed E-state index contributed by atoms with van der Waals surface area (Å²) in [6.45, 7) is 3.87. The second-order valence-corrected chi connectivity index (χ2v) is 5.02. The van der Waals surface area contributed by atoms with Gasteiger partial charge in [-0.2, -0.15) is 11.8 Å². The van der Waals surface area contributed by atoms with Crippen LogP contribution in [0.1, 0.15) is 27.3 Å². The molecule has 1 aromatic rings. The molecule has 13 heavy (non-hydrogen) atoms. The van der Waals surface area contributed by atoms with E-state index in [1.54, 1.807) is 18.7 Å². The highest BCUT2D eigenvalue weighted by atomic mass is 32.2. The van der Waals surface area contributed by atoms with Gasteiger partial charge >= 0.3 is 5.97 Å². The zero-order valence-corrected chi connectivity index (χ0v) is 9.17. The molecule has 0 aliphatic heterocycles. The van der Waals surface area contributed by atoms with Crippen LogP contribution in [0.3, 0.4) is 0 Å². The SMILES string of the molecule is CCSCc1nc(C(=O)O)c(C)s1. The van der Waals surface area contributed by atoms with Gasteiger partial charge in [-0.15, -0.1) is 11.3 Å². The zero-order valence-electron chi connectivity index (χ0n) is 7.53. The maximum absolute atomic E-state index is 10.6. The Morgan fingerprint density at radius 2 is 2.38 bits per heavy atom. The predicted molar refractivity (Wildman–Crippen MR) is 55.6 cm³/mol. The topological polar surface area (TPSA) is 50.2 Å². The first kappa shape index (κ1) is 10.5. The summed E-state index contributed by atoms with van der Waals surface area (Å²) in [6.07, 6.45) is 0. The predicted octanol–water partition coefficient (Wildman–Crippen LogP) is 2.40. The van der Waals surface area contributed by atoms with Crippen molar-refractivity contribution in [2.24, 2.45) is 0 Å². The molecule has 0 aromatic carbocycles. The quantitative estimate of drug-likeness (QED) is 0.841. The van der Waals surface area contributed by atoms with Crippen molar-refractivity contribution in [1.29, 1.82) is 0 Å². The molecule has 0 spiro atoms. The lowest BCUT2D eigenvalue weighted by Crippen LogP contribution is -1.98. The number of carboxylic acid groups (broad SMARTS) is 1. The van der Waals surface area contributed by atoms with Crippen LogP contribution in [0.2, 0.25) is 0 Å². The van der Waals surface area contributed by atoms with Crippen LogP contribution < -0.4 is 0 Å². The largest absolute Gasteiger partial charge is 0.476 e. The fraction of sp³-hybridized carbons (Fsp3) is 0.500. The number of carbonyl (C=O) groups is 1. The average molecular weight is 217 g/mol. The molecule has 0 saturated heterocycles. The van der Waals surface area contributed by atoms with E-state index >= 15 is 0 Å². The highest BCUT2D eigenvalue weighted by Gasteiger charge is 2.13. The van der Waals surface area contributed by atoms with E-state index in [0.29, 0.717) is 0 Å². The van der Waals surface area contributed by atoms with Gasteiger partial charge in [-0.1, -0.05) is 6.92 Å². The van der Waals surface area contributed by atoms with E-state index in [4.69, 9.17) is 5.11 Å². The minimum absolute atomic E-state index is 0.205. The maximum Gasteiger partial charge on any atom is 0.355 e. The van der Waals surface area contributed by atoms with E-state index in [2.05, 4.69) is 11.9 Å². The lowest BCUT2D eigenvalue weighted by atomic mass is 10.4. The molecule has 1 N–H and O–H groups in total. The van der Waals surface area contributed by atoms with Crippen molar-refractivity contribution in [1.82, 2.24) is 4.98 Å². The van der Waals surface area contributed by atoms with E-state index in [9.17, 15) is 4.79 Å². The van der Waals surface area contributed by atoms with Crippen LogP contribution >= 0.6 is 23.1 Å². The first-order valence-corrected chi connectivity index (χ1v) is 5.89. The fourth-order valence-corrected chi connectivity index (χ4v) is 2.55. The van der Waals surface area contributed by atoms with Crippen LogP contribution in [-0.4, -0.2) is 21.8 Å². The monoisotopic (exact) mass is 217 g/mol. The number of hydrogen-bond donors (Lipinski definition) is 1. The Balaban J connectivity index is 2.76. The van der Waals surface area contributed by atoms with E-state index < -0.39 is 5.97 Å². The summed E-state index contributed by atoms with van der Waals surface area (Å²) in [7, 11) is 0. The molecule has 1 heterocycles. The van der Waals surface area contributed by atoms with Gasteiger partial charge in [0.05, 0.1) is 0 Å². The van der Waals surface area contributed by atoms with Crippen molar-refractivity contribution in [2.45, 2.75) is 19.6 Å². The molecule has 0 radical (unpaired) electrons. The zero-order chi connectivity index (χ0) is 9.84. The van der Waals surface area contributed by atoms with Crippen molar-refractivity contribution >= 4 is 29.1 Å². The van der Waals surface area contributed by atoms with Crippen molar-refractivity contribution < 1.29 is 9.90 Å². The van der Waals surface area contributed by atoms with Gasteiger partial charge in [0.25, 0.3) is 0 Å². The molecule has 0 fully saturated rings. The molecular weight excluding hydrogens is 206 g/mol. The number of nitrogens with zero attached hydrogens (tertiary/aromatic N) is 1. The third-order valence-corrected chi connectivity index (χ3v) is 3.51. The number of thioether (sulfide) groups is 1. The van der Waals surface area contributed by atoms with E-state index in [0.717, 1.165) is 21.4 Å². The van der Waals surface area contributed by atoms with Crippen LogP contribution in [0.15, 0.2) is 0 Å². The molecule has 0 aliphatic rings. The molecule has 0 amide bonds. The lowest BCUT2D eigenvalue weighted by Gasteiger charge is -1.90. The van der Waals surface area contributed by atoms with E-state index in [-0.39, 0.29) is 5.69 Å². The van der Waals surface area contributed by atoms with Gasteiger partial charge < -0.3 is 5.11 Å². The lowest BCUT2D eigenvalue weighted by molar-refractivity contribution is 0.0690. The Morgan fingerprint density at radius 3 is 2.85 bits per heavy atom. The Labute approximate surface area is 85.2 Å². The summed E-state index contributed by atoms with van der Waals surface area (Å²) in [5.74, 6) is 0.914. The Kier molecular flexibility index (Phi) is 3.74. The van der Waals surface area contributed by atoms with E-state index in [1.165, 1.54) is 11.3 Å². The molecular formula is C8H11NO2S2. The number of aromatic carboxylic acids is 1. The number of hydrogen-bond acceptors (Lipinski definition) is 4. The maximum atomic E-state index is 10.6. The molecule has 0 saturated carbocycles. The molecule has 72 valence electrons. The molecule has 0 atom stereocenters. The summed E-state index contributed by atoms with van der Waals surface area (Å²) in [5, 5.41) is 9.65. The smallest absolute Gasteiger partial charge is 0.355 e. The van der Waals surface area contributed by atoms with Crippen LogP contribution in [0.4, 0.5) is 0 Å². The van der Waals surface area contributed by atoms with Crippen molar-refractivity contribution in [3.05, 3.63) is 15.6 Å². The fourth-order valence-electron chi connectivity index (χ4n) is 0.901. The highest BCUT2D eigenvalue weighted by Crippen LogP contribution is 2.21. The Hall–Kier alpha value is -0.550. The Morgan fingerprint density at radius 1 is 1.69 bits per heavy atom. The highest BCUT2D eigenvalue weighted by molar-refractivity contribution is 7.98. The van der Waals surface area contributed by atoms with Crippen LogP contribution in [0, 0.1) is 6.92 Å². The minimum Gasteiger partial charge on any atom is -0.476 e. The molecule has 0 bridgehead atoms. The second kappa shape index (κ2) is 4.62. The van der Waals surface area contributed by atoms with Gasteiger partial charge in [-0.25, -0.2) is 9.78 Å². The molecule has 5 heteroatoms. The number of thiazole rings is 1. The molecule has 3 nitrogen and oxygen atoms in total. The second-order valence-electron chi connectivity index (χ2n) is 2.45. The van der Waals surface area contributed by atoms with Crippen molar-refractivity contribution in [3.63, 3.8) is 0 Å². The van der Waals surface area contributed by atoms with Crippen LogP contribution in [-0.2, 0) is 5.75 Å². The van der Waals surface area contributed by atoms with Crippen molar-refractivity contribution in [3.8, 4) is 0 Å². The van der Waals surface area contributed by atoms with Gasteiger partial charge in [0.15, 0.2) is 5.69 Å².